The fourth-order valence-electron chi connectivity index (χ4n) is 1.30. The molecule has 0 saturated carbocycles. The van der Waals surface area contributed by atoms with Gasteiger partial charge in [-0.05, 0) is 18.6 Å². The summed E-state index contributed by atoms with van der Waals surface area (Å²) in [6.07, 6.45) is 5.91. The van der Waals surface area contributed by atoms with Crippen molar-refractivity contribution in [3.8, 4) is 12.3 Å². The molecule has 0 unspecified atom stereocenters. The highest BCUT2D eigenvalue weighted by Gasteiger charge is 2.06. The van der Waals surface area contributed by atoms with Gasteiger partial charge in [0.15, 0.2) is 0 Å². The topological polar surface area (TPSA) is 12.0 Å². The minimum absolute atomic E-state index is 0.247. The quantitative estimate of drug-likeness (QED) is 0.591. The highest BCUT2D eigenvalue weighted by Crippen LogP contribution is 2.21. The predicted molar refractivity (Wildman–Crippen MR) is 61.3 cm³/mol. The lowest BCUT2D eigenvalue weighted by Crippen LogP contribution is -2.19. The van der Waals surface area contributed by atoms with Crippen LogP contribution in [0.25, 0.3) is 0 Å². The number of benzene rings is 1. The van der Waals surface area contributed by atoms with Crippen molar-refractivity contribution in [1.82, 2.24) is 5.32 Å². The van der Waals surface area contributed by atoms with E-state index in [1.54, 1.807) is 0 Å². The number of hydrogen-bond donors (Lipinski definition) is 1. The van der Waals surface area contributed by atoms with E-state index in [1.165, 1.54) is 0 Å². The van der Waals surface area contributed by atoms with Gasteiger partial charge in [-0.2, -0.15) is 0 Å². The molecular formula is C12H14ClN. The summed E-state index contributed by atoms with van der Waals surface area (Å²) in [4.78, 5) is 0. The van der Waals surface area contributed by atoms with Crippen molar-refractivity contribution < 1.29 is 0 Å². The highest BCUT2D eigenvalue weighted by molar-refractivity contribution is 6.31. The molecule has 1 aromatic carbocycles. The fraction of sp³-hybridized carbons (Fsp3) is 0.333. The Labute approximate surface area is 90.5 Å². The van der Waals surface area contributed by atoms with Gasteiger partial charge in [-0.3, -0.25) is 0 Å². The van der Waals surface area contributed by atoms with E-state index in [0.717, 1.165) is 23.6 Å². The Kier molecular flexibility index (Phi) is 4.52. The Bertz CT molecular complexity index is 327. The molecule has 1 atom stereocenters. The summed E-state index contributed by atoms with van der Waals surface area (Å²) in [6, 6.07) is 8.09. The summed E-state index contributed by atoms with van der Waals surface area (Å²) >= 11 is 6.05. The number of halogens is 1. The maximum Gasteiger partial charge on any atom is 0.0453 e. The van der Waals surface area contributed by atoms with Crippen molar-refractivity contribution in [3.05, 3.63) is 34.9 Å². The van der Waals surface area contributed by atoms with Crippen molar-refractivity contribution in [2.75, 3.05) is 6.54 Å². The summed E-state index contributed by atoms with van der Waals surface area (Å²) in [6.45, 7) is 2.90. The summed E-state index contributed by atoms with van der Waals surface area (Å²) < 4.78 is 0. The van der Waals surface area contributed by atoms with Crippen molar-refractivity contribution >= 4 is 11.6 Å². The zero-order valence-electron chi connectivity index (χ0n) is 8.26. The minimum Gasteiger partial charge on any atom is -0.309 e. The van der Waals surface area contributed by atoms with E-state index < -0.39 is 0 Å². The second-order valence-electron chi connectivity index (χ2n) is 3.15. The summed E-state index contributed by atoms with van der Waals surface area (Å²) in [5, 5.41) is 4.11. The van der Waals surface area contributed by atoms with Gasteiger partial charge in [-0.1, -0.05) is 29.8 Å². The summed E-state index contributed by atoms with van der Waals surface area (Å²) in [7, 11) is 0. The van der Waals surface area contributed by atoms with Crippen molar-refractivity contribution in [2.24, 2.45) is 0 Å². The van der Waals surface area contributed by atoms with Crippen molar-refractivity contribution in [2.45, 2.75) is 19.4 Å². The third-order valence-electron chi connectivity index (χ3n) is 2.09. The third kappa shape index (κ3) is 3.06. The van der Waals surface area contributed by atoms with Gasteiger partial charge in [-0.25, -0.2) is 0 Å². The van der Waals surface area contributed by atoms with E-state index in [-0.39, 0.29) is 6.04 Å². The second kappa shape index (κ2) is 5.70. The Morgan fingerprint density at radius 3 is 2.86 bits per heavy atom. The summed E-state index contributed by atoms with van der Waals surface area (Å²) in [5.41, 5.74) is 1.12. The Balaban J connectivity index is 2.57. The molecule has 1 rings (SSSR count). The molecule has 0 amide bonds. The Hall–Kier alpha value is -0.970. The average Bonchev–Trinajstić information content (AvgIpc) is 2.18. The van der Waals surface area contributed by atoms with Crippen LogP contribution >= 0.6 is 11.6 Å². The average molecular weight is 208 g/mol. The van der Waals surface area contributed by atoms with Crippen LogP contribution < -0.4 is 5.32 Å². The summed E-state index contributed by atoms with van der Waals surface area (Å²) in [5.74, 6) is 2.59. The smallest absolute Gasteiger partial charge is 0.0453 e. The van der Waals surface area contributed by atoms with Crippen LogP contribution in [0.5, 0.6) is 0 Å². The van der Waals surface area contributed by atoms with E-state index >= 15 is 0 Å². The van der Waals surface area contributed by atoms with Gasteiger partial charge in [-0.15, -0.1) is 12.3 Å². The molecule has 1 aromatic rings. The molecule has 0 radical (unpaired) electrons. The van der Waals surface area contributed by atoms with E-state index in [4.69, 9.17) is 18.0 Å². The Morgan fingerprint density at radius 2 is 2.21 bits per heavy atom. The SMILES string of the molecule is C#CCCN[C@@H](C)c1ccccc1Cl. The van der Waals surface area contributed by atoms with Gasteiger partial charge in [0.05, 0.1) is 0 Å². The number of terminal acetylenes is 1. The van der Waals surface area contributed by atoms with E-state index in [9.17, 15) is 0 Å². The zero-order valence-corrected chi connectivity index (χ0v) is 9.01. The molecule has 74 valence electrons. The van der Waals surface area contributed by atoms with Crippen LogP contribution in [0.3, 0.4) is 0 Å². The maximum absolute atomic E-state index is 6.05. The van der Waals surface area contributed by atoms with E-state index in [0.29, 0.717) is 0 Å². The van der Waals surface area contributed by atoms with Gasteiger partial charge in [0.2, 0.25) is 0 Å². The molecule has 0 aliphatic rings. The van der Waals surface area contributed by atoms with E-state index in [2.05, 4.69) is 18.2 Å². The monoisotopic (exact) mass is 207 g/mol. The van der Waals surface area contributed by atoms with Crippen LogP contribution in [0.15, 0.2) is 24.3 Å². The minimum atomic E-state index is 0.247. The molecule has 0 bridgehead atoms. The second-order valence-corrected chi connectivity index (χ2v) is 3.56. The lowest BCUT2D eigenvalue weighted by Gasteiger charge is -2.14. The van der Waals surface area contributed by atoms with Gasteiger partial charge in [0, 0.05) is 24.0 Å². The molecule has 0 saturated heterocycles. The first-order valence-corrected chi connectivity index (χ1v) is 5.04. The van der Waals surface area contributed by atoms with Gasteiger partial charge in [0.1, 0.15) is 0 Å². The van der Waals surface area contributed by atoms with Crippen LogP contribution in [0.2, 0.25) is 5.02 Å². The van der Waals surface area contributed by atoms with Gasteiger partial charge >= 0.3 is 0 Å². The molecule has 1 N–H and O–H groups in total. The lowest BCUT2D eigenvalue weighted by molar-refractivity contribution is 0.584. The largest absolute Gasteiger partial charge is 0.309 e. The van der Waals surface area contributed by atoms with E-state index in [1.807, 2.05) is 24.3 Å². The van der Waals surface area contributed by atoms with Crippen LogP contribution in [-0.2, 0) is 0 Å². The van der Waals surface area contributed by atoms with Crippen LogP contribution in [0.1, 0.15) is 24.9 Å². The standard InChI is InChI=1S/C12H14ClN/c1-3-4-9-14-10(2)11-7-5-6-8-12(11)13/h1,5-8,10,14H,4,9H2,2H3/t10-/m0/s1. The van der Waals surface area contributed by atoms with Gasteiger partial charge < -0.3 is 5.32 Å². The molecule has 0 fully saturated rings. The molecule has 14 heavy (non-hydrogen) atoms. The highest BCUT2D eigenvalue weighted by atomic mass is 35.5. The molecule has 2 heteroatoms. The fourth-order valence-corrected chi connectivity index (χ4v) is 1.60. The van der Waals surface area contributed by atoms with Crippen LogP contribution in [0.4, 0.5) is 0 Å². The molecule has 0 aliphatic heterocycles. The van der Waals surface area contributed by atoms with Gasteiger partial charge in [0.25, 0.3) is 0 Å². The first-order chi connectivity index (χ1) is 6.75. The van der Waals surface area contributed by atoms with Crippen molar-refractivity contribution in [3.63, 3.8) is 0 Å². The normalized spacial score (nSPS) is 12.1. The Morgan fingerprint density at radius 1 is 1.50 bits per heavy atom. The molecule has 0 aliphatic carbocycles. The zero-order chi connectivity index (χ0) is 10.4. The first-order valence-electron chi connectivity index (χ1n) is 4.67. The number of nitrogens with one attached hydrogen (secondary N) is 1. The maximum atomic E-state index is 6.05. The number of hydrogen-bond acceptors (Lipinski definition) is 1. The predicted octanol–water partition coefficient (Wildman–Crippen LogP) is 3.01. The number of rotatable bonds is 4. The molecule has 1 nitrogen and oxygen atoms in total. The first kappa shape index (κ1) is 11.1. The van der Waals surface area contributed by atoms with Crippen LogP contribution in [-0.4, -0.2) is 6.54 Å². The molecule has 0 spiro atoms. The van der Waals surface area contributed by atoms with Crippen LogP contribution in [0, 0.1) is 12.3 Å². The third-order valence-corrected chi connectivity index (χ3v) is 2.44. The molecular weight excluding hydrogens is 194 g/mol. The van der Waals surface area contributed by atoms with Crippen molar-refractivity contribution in [1.29, 1.82) is 0 Å². The molecule has 0 heterocycles. The molecule has 0 aromatic heterocycles. The lowest BCUT2D eigenvalue weighted by atomic mass is 10.1.